The van der Waals surface area contributed by atoms with Crippen LogP contribution in [0.25, 0.3) is 11.1 Å². The van der Waals surface area contributed by atoms with Gasteiger partial charge in [0.05, 0.1) is 37.0 Å². The number of amides is 1. The lowest BCUT2D eigenvalue weighted by Gasteiger charge is -2.28. The maximum atomic E-state index is 12.2. The van der Waals surface area contributed by atoms with Crippen LogP contribution in [0.4, 0.5) is 11.5 Å². The van der Waals surface area contributed by atoms with Gasteiger partial charge in [-0.15, -0.1) is 0 Å². The predicted molar refractivity (Wildman–Crippen MR) is 126 cm³/mol. The molecule has 174 valence electrons. The van der Waals surface area contributed by atoms with Crippen molar-refractivity contribution in [2.75, 3.05) is 31.2 Å². The maximum absolute atomic E-state index is 12.2. The van der Waals surface area contributed by atoms with Gasteiger partial charge in [0, 0.05) is 74.4 Å². The SMILES string of the molecule is CC(=O)N1CCc2c(c(N3CCc4cc(C#N)c(-c5cnn(C)c5)cc43)nn2C2CCOC2)C1. The smallest absolute Gasteiger partial charge is 0.219 e. The summed E-state index contributed by atoms with van der Waals surface area (Å²) in [5, 5.41) is 19.2. The zero-order chi connectivity index (χ0) is 23.4. The zero-order valence-electron chi connectivity index (χ0n) is 19.5. The van der Waals surface area contributed by atoms with Crippen LogP contribution in [-0.2, 0) is 36.0 Å². The molecule has 0 N–H and O–H groups in total. The molecule has 2 aromatic heterocycles. The van der Waals surface area contributed by atoms with Gasteiger partial charge in [0.25, 0.3) is 0 Å². The number of hydrogen-bond donors (Lipinski definition) is 0. The molecule has 1 saturated heterocycles. The Morgan fingerprint density at radius 2 is 2.15 bits per heavy atom. The van der Waals surface area contributed by atoms with E-state index in [1.54, 1.807) is 17.8 Å². The monoisotopic (exact) mass is 457 g/mol. The number of nitriles is 1. The van der Waals surface area contributed by atoms with E-state index >= 15 is 0 Å². The molecule has 0 spiro atoms. The van der Waals surface area contributed by atoms with E-state index in [1.807, 2.05) is 24.2 Å². The summed E-state index contributed by atoms with van der Waals surface area (Å²) in [7, 11) is 1.88. The van der Waals surface area contributed by atoms with Crippen molar-refractivity contribution in [3.63, 3.8) is 0 Å². The molecule has 0 radical (unpaired) electrons. The Bertz CT molecular complexity index is 1330. The average molecular weight is 458 g/mol. The quantitative estimate of drug-likeness (QED) is 0.601. The standard InChI is InChI=1S/C25H27N7O2/c1-16(33)30-6-4-23-22(14-30)25(28-32(23)20-5-8-34-15-20)31-7-3-17-9-18(11-26)21(10-24(17)31)19-12-27-29(2)13-19/h9-10,12-13,20H,3-8,14-15H2,1-2H3. The van der Waals surface area contributed by atoms with E-state index in [2.05, 4.69) is 26.8 Å². The second-order valence-electron chi connectivity index (χ2n) is 9.34. The lowest BCUT2D eigenvalue weighted by Crippen LogP contribution is -2.35. The van der Waals surface area contributed by atoms with E-state index in [9.17, 15) is 10.1 Å². The fraction of sp³-hybridized carbons (Fsp3) is 0.440. The summed E-state index contributed by atoms with van der Waals surface area (Å²) < 4.78 is 9.58. The number of aromatic nitrogens is 4. The van der Waals surface area contributed by atoms with Gasteiger partial charge in [0.15, 0.2) is 5.82 Å². The Morgan fingerprint density at radius 3 is 2.85 bits per heavy atom. The largest absolute Gasteiger partial charge is 0.379 e. The van der Waals surface area contributed by atoms with Gasteiger partial charge >= 0.3 is 0 Å². The second-order valence-corrected chi connectivity index (χ2v) is 9.34. The minimum atomic E-state index is 0.0906. The molecule has 34 heavy (non-hydrogen) atoms. The van der Waals surface area contributed by atoms with Crippen LogP contribution in [0.5, 0.6) is 0 Å². The van der Waals surface area contributed by atoms with E-state index < -0.39 is 0 Å². The molecular formula is C25H27N7O2. The number of carbonyl (C=O) groups excluding carboxylic acids is 1. The second kappa shape index (κ2) is 7.99. The van der Waals surface area contributed by atoms with Gasteiger partial charge in [0.1, 0.15) is 0 Å². The molecule has 3 aromatic rings. The number of hydrogen-bond acceptors (Lipinski definition) is 6. The number of fused-ring (bicyclic) bond motifs is 2. The van der Waals surface area contributed by atoms with Crippen LogP contribution in [0.1, 0.15) is 41.8 Å². The molecule has 5 heterocycles. The molecule has 1 atom stereocenters. The Kier molecular flexibility index (Phi) is 4.92. The summed E-state index contributed by atoms with van der Waals surface area (Å²) in [6, 6.07) is 6.71. The van der Waals surface area contributed by atoms with E-state index in [0.717, 1.165) is 66.2 Å². The topological polar surface area (TPSA) is 92.2 Å². The fourth-order valence-corrected chi connectivity index (χ4v) is 5.48. The molecule has 9 nitrogen and oxygen atoms in total. The van der Waals surface area contributed by atoms with Crippen molar-refractivity contribution in [3.05, 3.63) is 46.9 Å². The van der Waals surface area contributed by atoms with Gasteiger partial charge in [-0.05, 0) is 30.5 Å². The average Bonchev–Trinajstić information content (AvgIpc) is 3.63. The van der Waals surface area contributed by atoms with E-state index in [-0.39, 0.29) is 11.9 Å². The number of nitrogens with zero attached hydrogens (tertiary/aromatic N) is 7. The van der Waals surface area contributed by atoms with Crippen LogP contribution < -0.4 is 4.90 Å². The first kappa shape index (κ1) is 20.9. The maximum Gasteiger partial charge on any atom is 0.219 e. The first-order chi connectivity index (χ1) is 16.5. The summed E-state index contributed by atoms with van der Waals surface area (Å²) in [4.78, 5) is 16.4. The van der Waals surface area contributed by atoms with Crippen molar-refractivity contribution >= 4 is 17.4 Å². The molecule has 1 aromatic carbocycles. The Morgan fingerprint density at radius 1 is 1.26 bits per heavy atom. The molecule has 1 amide bonds. The van der Waals surface area contributed by atoms with E-state index in [4.69, 9.17) is 9.84 Å². The van der Waals surface area contributed by atoms with Gasteiger partial charge in [-0.2, -0.15) is 15.5 Å². The molecule has 6 rings (SSSR count). The van der Waals surface area contributed by atoms with Gasteiger partial charge in [-0.1, -0.05) is 0 Å². The first-order valence-electron chi connectivity index (χ1n) is 11.8. The van der Waals surface area contributed by atoms with Gasteiger partial charge in [-0.3, -0.25) is 14.2 Å². The van der Waals surface area contributed by atoms with E-state index in [0.29, 0.717) is 25.3 Å². The summed E-state index contributed by atoms with van der Waals surface area (Å²) in [5.41, 5.74) is 7.04. The molecule has 1 unspecified atom stereocenters. The minimum Gasteiger partial charge on any atom is -0.379 e. The normalized spacial score (nSPS) is 19.3. The highest BCUT2D eigenvalue weighted by atomic mass is 16.5. The van der Waals surface area contributed by atoms with Crippen LogP contribution in [0.15, 0.2) is 24.5 Å². The highest BCUT2D eigenvalue weighted by Crippen LogP contribution is 2.42. The van der Waals surface area contributed by atoms with Crippen molar-refractivity contribution in [3.8, 4) is 17.2 Å². The lowest BCUT2D eigenvalue weighted by atomic mass is 9.98. The minimum absolute atomic E-state index is 0.0906. The Balaban J connectivity index is 1.47. The van der Waals surface area contributed by atoms with Gasteiger partial charge in [0.2, 0.25) is 5.91 Å². The van der Waals surface area contributed by atoms with Crippen LogP contribution in [0, 0.1) is 11.3 Å². The molecule has 0 bridgehead atoms. The Hall–Kier alpha value is -3.64. The summed E-state index contributed by atoms with van der Waals surface area (Å²) >= 11 is 0. The zero-order valence-corrected chi connectivity index (χ0v) is 19.5. The third-order valence-corrected chi connectivity index (χ3v) is 7.27. The fourth-order valence-electron chi connectivity index (χ4n) is 5.48. The molecule has 0 saturated carbocycles. The lowest BCUT2D eigenvalue weighted by molar-refractivity contribution is -0.129. The van der Waals surface area contributed by atoms with Crippen molar-refractivity contribution in [2.24, 2.45) is 7.05 Å². The summed E-state index contributed by atoms with van der Waals surface area (Å²) in [5.74, 6) is 1.02. The van der Waals surface area contributed by atoms with Crippen molar-refractivity contribution < 1.29 is 9.53 Å². The third kappa shape index (κ3) is 3.29. The van der Waals surface area contributed by atoms with Crippen molar-refractivity contribution in [2.45, 2.75) is 38.8 Å². The van der Waals surface area contributed by atoms with Crippen LogP contribution >= 0.6 is 0 Å². The molecule has 0 aliphatic carbocycles. The number of anilines is 2. The molecular weight excluding hydrogens is 430 g/mol. The van der Waals surface area contributed by atoms with Crippen LogP contribution in [0.3, 0.4) is 0 Å². The van der Waals surface area contributed by atoms with Gasteiger partial charge in [-0.25, -0.2) is 0 Å². The molecule has 3 aliphatic heterocycles. The molecule has 9 heteroatoms. The molecule has 1 fully saturated rings. The number of ether oxygens (including phenoxy) is 1. The summed E-state index contributed by atoms with van der Waals surface area (Å²) in [6.07, 6.45) is 6.33. The van der Waals surface area contributed by atoms with E-state index in [1.165, 1.54) is 5.69 Å². The molecule has 3 aliphatic rings. The van der Waals surface area contributed by atoms with Crippen molar-refractivity contribution in [1.29, 1.82) is 5.26 Å². The number of carbonyl (C=O) groups is 1. The number of benzene rings is 1. The van der Waals surface area contributed by atoms with Gasteiger partial charge < -0.3 is 14.5 Å². The number of aryl methyl sites for hydroxylation is 1. The highest BCUT2D eigenvalue weighted by molar-refractivity contribution is 5.81. The Labute approximate surface area is 198 Å². The third-order valence-electron chi connectivity index (χ3n) is 7.27. The number of rotatable bonds is 3. The summed E-state index contributed by atoms with van der Waals surface area (Å²) in [6.45, 7) is 5.15. The van der Waals surface area contributed by atoms with Crippen LogP contribution in [-0.4, -0.2) is 56.7 Å². The first-order valence-corrected chi connectivity index (χ1v) is 11.8. The predicted octanol–water partition coefficient (Wildman–Crippen LogP) is 2.72. The van der Waals surface area contributed by atoms with Crippen molar-refractivity contribution in [1.82, 2.24) is 24.5 Å². The highest BCUT2D eigenvalue weighted by Gasteiger charge is 2.34. The van der Waals surface area contributed by atoms with Crippen LogP contribution in [0.2, 0.25) is 0 Å².